The molecular weight excluding hydrogens is 198 g/mol. The van der Waals surface area contributed by atoms with Gasteiger partial charge in [-0.25, -0.2) is 0 Å². The van der Waals surface area contributed by atoms with Gasteiger partial charge in [-0.05, 0) is 24.0 Å². The Balaban J connectivity index is 1.78. The molecule has 0 aromatic heterocycles. The number of nitrogens with zero attached hydrogens (tertiary/aromatic N) is 2. The third kappa shape index (κ3) is 1.56. The highest BCUT2D eigenvalue weighted by Gasteiger charge is 2.24. The van der Waals surface area contributed by atoms with E-state index >= 15 is 0 Å². The van der Waals surface area contributed by atoms with Crippen LogP contribution in [0.15, 0.2) is 29.3 Å². The van der Waals surface area contributed by atoms with Crippen LogP contribution in [-0.4, -0.2) is 31.0 Å². The highest BCUT2D eigenvalue weighted by molar-refractivity contribution is 5.81. The summed E-state index contributed by atoms with van der Waals surface area (Å²) in [6.45, 7) is 1.96. The maximum absolute atomic E-state index is 4.48. The van der Waals surface area contributed by atoms with E-state index in [1.807, 2.05) is 0 Å². The smallest absolute Gasteiger partial charge is 0.194 e. The lowest BCUT2D eigenvalue weighted by atomic mass is 10.1. The molecule has 1 aromatic carbocycles. The largest absolute Gasteiger partial charge is 0.349 e. The van der Waals surface area contributed by atoms with E-state index in [1.54, 1.807) is 0 Å². The van der Waals surface area contributed by atoms with Crippen LogP contribution in [0.3, 0.4) is 0 Å². The average molecular weight is 215 g/mol. The van der Waals surface area contributed by atoms with Gasteiger partial charge in [0.05, 0.1) is 12.6 Å². The Hall–Kier alpha value is -1.51. The van der Waals surface area contributed by atoms with E-state index in [0.29, 0.717) is 6.04 Å². The highest BCUT2D eigenvalue weighted by Crippen LogP contribution is 2.30. The lowest BCUT2D eigenvalue weighted by Gasteiger charge is -2.20. The van der Waals surface area contributed by atoms with Crippen molar-refractivity contribution in [2.45, 2.75) is 18.9 Å². The van der Waals surface area contributed by atoms with Gasteiger partial charge in [0.1, 0.15) is 0 Å². The van der Waals surface area contributed by atoms with Gasteiger partial charge in [-0.15, -0.1) is 0 Å². The molecule has 3 heteroatoms. The number of rotatable bonds is 1. The van der Waals surface area contributed by atoms with Crippen molar-refractivity contribution in [3.8, 4) is 0 Å². The van der Waals surface area contributed by atoms with E-state index in [-0.39, 0.29) is 0 Å². The predicted molar refractivity (Wildman–Crippen MR) is 65.6 cm³/mol. The number of benzene rings is 1. The van der Waals surface area contributed by atoms with Crippen molar-refractivity contribution < 1.29 is 0 Å². The van der Waals surface area contributed by atoms with E-state index in [1.165, 1.54) is 24.0 Å². The Bertz CT molecular complexity index is 425. The lowest BCUT2D eigenvalue weighted by Crippen LogP contribution is -2.37. The maximum Gasteiger partial charge on any atom is 0.194 e. The molecular formula is C13H17N3. The molecule has 3 nitrogen and oxygen atoms in total. The molecule has 1 aromatic rings. The molecule has 1 heterocycles. The molecule has 0 fully saturated rings. The van der Waals surface area contributed by atoms with Gasteiger partial charge >= 0.3 is 0 Å². The van der Waals surface area contributed by atoms with Crippen LogP contribution in [0.2, 0.25) is 0 Å². The molecule has 1 aliphatic heterocycles. The van der Waals surface area contributed by atoms with Crippen LogP contribution in [-0.2, 0) is 6.42 Å². The van der Waals surface area contributed by atoms with Crippen LogP contribution in [0.4, 0.5) is 0 Å². The van der Waals surface area contributed by atoms with E-state index in [4.69, 9.17) is 0 Å². The second-order valence-electron chi connectivity index (χ2n) is 4.56. The first kappa shape index (κ1) is 9.70. The topological polar surface area (TPSA) is 27.6 Å². The SMILES string of the molecule is CN1CCN=C1NC1CCc2ccccc21. The summed E-state index contributed by atoms with van der Waals surface area (Å²) in [6.07, 6.45) is 2.37. The minimum absolute atomic E-state index is 0.454. The molecule has 0 saturated heterocycles. The molecule has 0 spiro atoms. The van der Waals surface area contributed by atoms with Crippen LogP contribution in [0.1, 0.15) is 23.6 Å². The molecule has 1 atom stereocenters. The van der Waals surface area contributed by atoms with Crippen molar-refractivity contribution in [2.24, 2.45) is 4.99 Å². The fraction of sp³-hybridized carbons (Fsp3) is 0.462. The number of aryl methyl sites for hydroxylation is 1. The predicted octanol–water partition coefficient (Wildman–Crippen LogP) is 1.56. The van der Waals surface area contributed by atoms with Crippen molar-refractivity contribution >= 4 is 5.96 Å². The zero-order valence-electron chi connectivity index (χ0n) is 9.61. The molecule has 1 N–H and O–H groups in total. The first-order valence-electron chi connectivity index (χ1n) is 5.94. The van der Waals surface area contributed by atoms with Crippen LogP contribution in [0, 0.1) is 0 Å². The Labute approximate surface area is 96.2 Å². The number of hydrogen-bond donors (Lipinski definition) is 1. The van der Waals surface area contributed by atoms with Crippen LogP contribution in [0.25, 0.3) is 0 Å². The van der Waals surface area contributed by atoms with Gasteiger partial charge in [0.2, 0.25) is 0 Å². The third-order valence-electron chi connectivity index (χ3n) is 3.49. The number of hydrogen-bond acceptors (Lipinski definition) is 3. The summed E-state index contributed by atoms with van der Waals surface area (Å²) >= 11 is 0. The molecule has 0 amide bonds. The number of nitrogens with one attached hydrogen (secondary N) is 1. The Morgan fingerprint density at radius 1 is 1.38 bits per heavy atom. The minimum Gasteiger partial charge on any atom is -0.349 e. The first-order chi connectivity index (χ1) is 7.84. The Morgan fingerprint density at radius 2 is 2.25 bits per heavy atom. The quantitative estimate of drug-likeness (QED) is 0.770. The van der Waals surface area contributed by atoms with E-state index < -0.39 is 0 Å². The van der Waals surface area contributed by atoms with Gasteiger partial charge in [-0.1, -0.05) is 24.3 Å². The lowest BCUT2D eigenvalue weighted by molar-refractivity contribution is 0.511. The van der Waals surface area contributed by atoms with Gasteiger partial charge in [0.15, 0.2) is 5.96 Å². The summed E-state index contributed by atoms with van der Waals surface area (Å²) in [4.78, 5) is 6.68. The van der Waals surface area contributed by atoms with Crippen molar-refractivity contribution in [1.82, 2.24) is 10.2 Å². The van der Waals surface area contributed by atoms with Crippen molar-refractivity contribution in [1.29, 1.82) is 0 Å². The molecule has 0 radical (unpaired) electrons. The molecule has 16 heavy (non-hydrogen) atoms. The summed E-state index contributed by atoms with van der Waals surface area (Å²) < 4.78 is 0. The summed E-state index contributed by atoms with van der Waals surface area (Å²) in [7, 11) is 2.10. The normalized spacial score (nSPS) is 23.2. The monoisotopic (exact) mass is 215 g/mol. The molecule has 1 aliphatic carbocycles. The number of aliphatic imine (C=N–C) groups is 1. The minimum atomic E-state index is 0.454. The molecule has 1 unspecified atom stereocenters. The Kier molecular flexibility index (Phi) is 2.31. The summed E-state index contributed by atoms with van der Waals surface area (Å²) in [6, 6.07) is 9.17. The fourth-order valence-corrected chi connectivity index (χ4v) is 2.55. The molecule has 0 saturated carbocycles. The van der Waals surface area contributed by atoms with Gasteiger partial charge in [0.25, 0.3) is 0 Å². The number of likely N-dealkylation sites (N-methyl/N-ethyl adjacent to an activating group) is 1. The highest BCUT2D eigenvalue weighted by atomic mass is 15.3. The third-order valence-corrected chi connectivity index (χ3v) is 3.49. The molecule has 84 valence electrons. The van der Waals surface area contributed by atoms with E-state index in [2.05, 4.69) is 46.5 Å². The van der Waals surface area contributed by atoms with Crippen molar-refractivity contribution in [3.05, 3.63) is 35.4 Å². The van der Waals surface area contributed by atoms with Crippen molar-refractivity contribution in [2.75, 3.05) is 20.1 Å². The average Bonchev–Trinajstić information content (AvgIpc) is 2.88. The molecule has 2 aliphatic rings. The standard InChI is InChI=1S/C13H17N3/c1-16-9-8-14-13(16)15-12-7-6-10-4-2-3-5-11(10)12/h2-5,12H,6-9H2,1H3,(H,14,15). The van der Waals surface area contributed by atoms with Crippen molar-refractivity contribution in [3.63, 3.8) is 0 Å². The van der Waals surface area contributed by atoms with Crippen LogP contribution in [0.5, 0.6) is 0 Å². The van der Waals surface area contributed by atoms with Gasteiger partial charge in [-0.2, -0.15) is 0 Å². The maximum atomic E-state index is 4.48. The van der Waals surface area contributed by atoms with Gasteiger partial charge in [-0.3, -0.25) is 4.99 Å². The second-order valence-corrected chi connectivity index (χ2v) is 4.56. The number of fused-ring (bicyclic) bond motifs is 1. The summed E-state index contributed by atoms with van der Waals surface area (Å²) in [5.41, 5.74) is 2.94. The van der Waals surface area contributed by atoms with Gasteiger partial charge in [0, 0.05) is 13.6 Å². The number of guanidine groups is 1. The zero-order valence-corrected chi connectivity index (χ0v) is 9.61. The second kappa shape index (κ2) is 3.81. The van der Waals surface area contributed by atoms with Crippen LogP contribution < -0.4 is 5.32 Å². The first-order valence-corrected chi connectivity index (χ1v) is 5.94. The van der Waals surface area contributed by atoms with Gasteiger partial charge < -0.3 is 10.2 Å². The Morgan fingerprint density at radius 3 is 3.06 bits per heavy atom. The molecule has 0 bridgehead atoms. The van der Waals surface area contributed by atoms with Crippen LogP contribution >= 0.6 is 0 Å². The zero-order chi connectivity index (χ0) is 11.0. The summed E-state index contributed by atoms with van der Waals surface area (Å²) in [5, 5.41) is 3.56. The molecule has 3 rings (SSSR count). The van der Waals surface area contributed by atoms with E-state index in [9.17, 15) is 0 Å². The summed E-state index contributed by atoms with van der Waals surface area (Å²) in [5.74, 6) is 1.06. The fourth-order valence-electron chi connectivity index (χ4n) is 2.55. The van der Waals surface area contributed by atoms with E-state index in [0.717, 1.165) is 19.0 Å².